The number of hydrogen-bond acceptors (Lipinski definition) is 7. The van der Waals surface area contributed by atoms with Crippen LogP contribution in [0.3, 0.4) is 0 Å². The molecule has 0 unspecified atom stereocenters. The lowest BCUT2D eigenvalue weighted by atomic mass is 10.2. The van der Waals surface area contributed by atoms with Crippen molar-refractivity contribution in [2.24, 2.45) is 0 Å². The van der Waals surface area contributed by atoms with E-state index in [9.17, 15) is 9.59 Å². The Bertz CT molecular complexity index is 978. The molecule has 27 heavy (non-hydrogen) atoms. The van der Waals surface area contributed by atoms with Gasteiger partial charge in [0.05, 0.1) is 5.56 Å². The summed E-state index contributed by atoms with van der Waals surface area (Å²) < 4.78 is 5.77. The number of esters is 1. The summed E-state index contributed by atoms with van der Waals surface area (Å²) in [6, 6.07) is 14.1. The minimum Gasteiger partial charge on any atom is -0.426 e. The lowest BCUT2D eigenvalue weighted by Gasteiger charge is -2.07. The van der Waals surface area contributed by atoms with Crippen molar-refractivity contribution in [1.29, 1.82) is 0 Å². The lowest BCUT2D eigenvalue weighted by molar-refractivity contribution is -0.131. The van der Waals surface area contributed by atoms with E-state index in [0.29, 0.717) is 20.2 Å². The Morgan fingerprint density at radius 1 is 1.15 bits per heavy atom. The van der Waals surface area contributed by atoms with Gasteiger partial charge in [0.1, 0.15) is 5.75 Å². The monoisotopic (exact) mass is 419 g/mol. The van der Waals surface area contributed by atoms with E-state index in [0.717, 1.165) is 5.56 Å². The molecule has 0 aliphatic rings. The molecule has 138 valence electrons. The van der Waals surface area contributed by atoms with Crippen LogP contribution in [-0.4, -0.2) is 22.1 Å². The molecule has 0 aliphatic heterocycles. The fraction of sp³-hybridized carbons (Fsp3) is 0.111. The Morgan fingerprint density at radius 3 is 2.67 bits per heavy atom. The second kappa shape index (κ2) is 8.98. The Hall–Kier alpha value is -2.42. The summed E-state index contributed by atoms with van der Waals surface area (Å²) in [5.74, 6) is -0.0761. The summed E-state index contributed by atoms with van der Waals surface area (Å²) in [7, 11) is 0. The number of nitrogens with zero attached hydrogens (tertiary/aromatic N) is 2. The van der Waals surface area contributed by atoms with Gasteiger partial charge in [0.25, 0.3) is 5.91 Å². The van der Waals surface area contributed by atoms with Gasteiger partial charge >= 0.3 is 5.97 Å². The SMILES string of the molecule is CC(=O)Oc1ccccc1C(=O)Nc1nnc(SCc2ccccc2Cl)s1. The first-order valence-corrected chi connectivity index (χ1v) is 9.99. The maximum atomic E-state index is 12.5. The number of anilines is 1. The maximum absolute atomic E-state index is 12.5. The quantitative estimate of drug-likeness (QED) is 0.271. The molecular weight excluding hydrogens is 406 g/mol. The van der Waals surface area contributed by atoms with Crippen molar-refractivity contribution in [2.45, 2.75) is 17.0 Å². The fourth-order valence-electron chi connectivity index (χ4n) is 2.14. The van der Waals surface area contributed by atoms with Crippen LogP contribution >= 0.6 is 34.7 Å². The van der Waals surface area contributed by atoms with E-state index in [2.05, 4.69) is 15.5 Å². The molecule has 1 heterocycles. The number of carbonyl (C=O) groups excluding carboxylic acids is 2. The number of amides is 1. The van der Waals surface area contributed by atoms with Gasteiger partial charge in [0.15, 0.2) is 4.34 Å². The Labute approximate surface area is 168 Å². The van der Waals surface area contributed by atoms with Crippen LogP contribution in [0, 0.1) is 0 Å². The molecule has 0 spiro atoms. The summed E-state index contributed by atoms with van der Waals surface area (Å²) in [6.45, 7) is 1.28. The summed E-state index contributed by atoms with van der Waals surface area (Å²) in [5, 5.41) is 11.8. The van der Waals surface area contributed by atoms with Crippen molar-refractivity contribution in [3.8, 4) is 5.75 Å². The smallest absolute Gasteiger partial charge is 0.308 e. The number of rotatable bonds is 6. The molecule has 3 rings (SSSR count). The highest BCUT2D eigenvalue weighted by Crippen LogP contribution is 2.31. The number of hydrogen-bond donors (Lipinski definition) is 1. The molecule has 0 aliphatic carbocycles. The molecule has 1 aromatic heterocycles. The van der Waals surface area contributed by atoms with E-state index in [1.807, 2.05) is 24.3 Å². The third-order valence-corrected chi connectivity index (χ3v) is 5.71. The standard InChI is InChI=1S/C18H14ClN3O3S2/c1-11(23)25-15-9-5-3-7-13(15)16(24)20-17-21-22-18(27-17)26-10-12-6-2-4-8-14(12)19/h2-9H,10H2,1H3,(H,20,21,24). The molecule has 0 saturated carbocycles. The zero-order valence-corrected chi connectivity index (χ0v) is 16.5. The normalized spacial score (nSPS) is 10.4. The third-order valence-electron chi connectivity index (χ3n) is 3.32. The second-order valence-corrected chi connectivity index (χ2v) is 7.90. The second-order valence-electron chi connectivity index (χ2n) is 5.30. The largest absolute Gasteiger partial charge is 0.426 e. The van der Waals surface area contributed by atoms with Crippen molar-refractivity contribution in [1.82, 2.24) is 10.2 Å². The molecule has 1 N–H and O–H groups in total. The van der Waals surface area contributed by atoms with Crippen LogP contribution in [0.25, 0.3) is 0 Å². The van der Waals surface area contributed by atoms with Crippen molar-refractivity contribution in [3.63, 3.8) is 0 Å². The van der Waals surface area contributed by atoms with E-state index in [-0.39, 0.29) is 11.3 Å². The average molecular weight is 420 g/mol. The highest BCUT2D eigenvalue weighted by atomic mass is 35.5. The van der Waals surface area contributed by atoms with Gasteiger partial charge in [-0.3, -0.25) is 14.9 Å². The van der Waals surface area contributed by atoms with Crippen molar-refractivity contribution in [3.05, 3.63) is 64.7 Å². The molecule has 2 aromatic carbocycles. The predicted molar refractivity (Wildman–Crippen MR) is 107 cm³/mol. The molecule has 3 aromatic rings. The van der Waals surface area contributed by atoms with Crippen LogP contribution in [0.15, 0.2) is 52.9 Å². The molecule has 0 saturated heterocycles. The van der Waals surface area contributed by atoms with E-state index >= 15 is 0 Å². The number of benzene rings is 2. The lowest BCUT2D eigenvalue weighted by Crippen LogP contribution is -2.14. The van der Waals surface area contributed by atoms with Crippen molar-refractivity contribution >= 4 is 51.7 Å². The topological polar surface area (TPSA) is 81.2 Å². The van der Waals surface area contributed by atoms with Crippen LogP contribution in [0.4, 0.5) is 5.13 Å². The number of nitrogens with one attached hydrogen (secondary N) is 1. The number of ether oxygens (including phenoxy) is 1. The van der Waals surface area contributed by atoms with Gasteiger partial charge in [0, 0.05) is 17.7 Å². The van der Waals surface area contributed by atoms with Crippen LogP contribution in [0.5, 0.6) is 5.75 Å². The molecule has 0 atom stereocenters. The van der Waals surface area contributed by atoms with Gasteiger partial charge in [0.2, 0.25) is 5.13 Å². The minimum atomic E-state index is -0.496. The Balaban J connectivity index is 1.65. The van der Waals surface area contributed by atoms with Gasteiger partial charge in [-0.2, -0.15) is 0 Å². The fourth-order valence-corrected chi connectivity index (χ4v) is 4.17. The van der Waals surface area contributed by atoms with Gasteiger partial charge in [-0.25, -0.2) is 0 Å². The van der Waals surface area contributed by atoms with E-state index in [1.54, 1.807) is 24.3 Å². The van der Waals surface area contributed by atoms with Crippen LogP contribution in [0.1, 0.15) is 22.8 Å². The van der Waals surface area contributed by atoms with Gasteiger partial charge in [-0.1, -0.05) is 65.0 Å². The van der Waals surface area contributed by atoms with Crippen molar-refractivity contribution < 1.29 is 14.3 Å². The molecule has 6 nitrogen and oxygen atoms in total. The molecule has 0 fully saturated rings. The third kappa shape index (κ3) is 5.29. The molecule has 1 amide bonds. The van der Waals surface area contributed by atoms with Gasteiger partial charge in [-0.05, 0) is 23.8 Å². The first-order chi connectivity index (χ1) is 13.0. The summed E-state index contributed by atoms with van der Waals surface area (Å²) in [4.78, 5) is 23.6. The van der Waals surface area contributed by atoms with Gasteiger partial charge < -0.3 is 4.74 Å². The van der Waals surface area contributed by atoms with E-state index in [1.165, 1.54) is 30.0 Å². The van der Waals surface area contributed by atoms with Crippen LogP contribution < -0.4 is 10.1 Å². The maximum Gasteiger partial charge on any atom is 0.308 e. The molecule has 9 heteroatoms. The Morgan fingerprint density at radius 2 is 1.89 bits per heavy atom. The highest BCUT2D eigenvalue weighted by Gasteiger charge is 2.16. The number of aromatic nitrogens is 2. The minimum absolute atomic E-state index is 0.195. The zero-order chi connectivity index (χ0) is 19.2. The average Bonchev–Trinajstić information content (AvgIpc) is 3.08. The summed E-state index contributed by atoms with van der Waals surface area (Å²) >= 11 is 8.89. The number of carbonyl (C=O) groups is 2. The predicted octanol–water partition coefficient (Wildman–Crippen LogP) is 4.66. The zero-order valence-electron chi connectivity index (χ0n) is 14.1. The summed E-state index contributed by atoms with van der Waals surface area (Å²) in [5.41, 5.74) is 1.24. The number of thioether (sulfide) groups is 1. The number of halogens is 1. The molecule has 0 radical (unpaired) electrons. The molecule has 0 bridgehead atoms. The summed E-state index contributed by atoms with van der Waals surface area (Å²) in [6.07, 6.45) is 0. The highest BCUT2D eigenvalue weighted by molar-refractivity contribution is 8.00. The van der Waals surface area contributed by atoms with Crippen molar-refractivity contribution in [2.75, 3.05) is 5.32 Å². The Kier molecular flexibility index (Phi) is 6.44. The first-order valence-electron chi connectivity index (χ1n) is 7.81. The van der Waals surface area contributed by atoms with Gasteiger partial charge in [-0.15, -0.1) is 10.2 Å². The van der Waals surface area contributed by atoms with Crippen LogP contribution in [0.2, 0.25) is 5.02 Å². The van der Waals surface area contributed by atoms with E-state index in [4.69, 9.17) is 16.3 Å². The molecular formula is C18H14ClN3O3S2. The number of para-hydroxylation sites is 1. The first kappa shape index (κ1) is 19.3. The van der Waals surface area contributed by atoms with E-state index < -0.39 is 11.9 Å². The van der Waals surface area contributed by atoms with Crippen LogP contribution in [-0.2, 0) is 10.5 Å².